The maximum absolute atomic E-state index is 13.5. The molecule has 0 spiro atoms. The minimum atomic E-state index is -3.16. The van der Waals surface area contributed by atoms with Crippen molar-refractivity contribution < 1.29 is 37.3 Å². The van der Waals surface area contributed by atoms with Crippen molar-refractivity contribution in [3.8, 4) is 28.7 Å². The van der Waals surface area contributed by atoms with Crippen LogP contribution in [0.4, 0.5) is 0 Å². The molecule has 3 rings (SSSR count). The lowest BCUT2D eigenvalue weighted by Gasteiger charge is -2.28. The molecule has 33 heavy (non-hydrogen) atoms. The highest BCUT2D eigenvalue weighted by molar-refractivity contribution is 7.91. The number of carbonyl (C=O) groups excluding carboxylic acids is 1. The van der Waals surface area contributed by atoms with Gasteiger partial charge in [0.2, 0.25) is 5.75 Å². The predicted octanol–water partition coefficient (Wildman–Crippen LogP) is 2.22. The minimum absolute atomic E-state index is 0.0768. The Morgan fingerprint density at radius 3 is 1.97 bits per heavy atom. The summed E-state index contributed by atoms with van der Waals surface area (Å²) in [4.78, 5) is 15.0. The SMILES string of the molecule is COc1ccc(/C=C(/C(=O)N2CCS(=O)(=O)CC2)c2cc(OC)c(OC)c(OC)c2)cc1O. The monoisotopic (exact) mass is 477 g/mol. The molecule has 178 valence electrons. The number of ether oxygens (including phenoxy) is 4. The van der Waals surface area contributed by atoms with Gasteiger partial charge < -0.3 is 29.0 Å². The van der Waals surface area contributed by atoms with E-state index >= 15 is 0 Å². The van der Waals surface area contributed by atoms with E-state index in [4.69, 9.17) is 18.9 Å². The van der Waals surface area contributed by atoms with Crippen LogP contribution in [0.5, 0.6) is 28.7 Å². The molecule has 0 atom stereocenters. The second-order valence-corrected chi connectivity index (χ2v) is 9.65. The van der Waals surface area contributed by atoms with E-state index in [0.29, 0.717) is 34.1 Å². The molecule has 1 aliphatic heterocycles. The van der Waals surface area contributed by atoms with Gasteiger partial charge in [0.05, 0.1) is 39.9 Å². The second-order valence-electron chi connectivity index (χ2n) is 7.35. The molecule has 0 aliphatic carbocycles. The van der Waals surface area contributed by atoms with E-state index in [2.05, 4.69) is 0 Å². The highest BCUT2D eigenvalue weighted by Gasteiger charge is 2.28. The van der Waals surface area contributed by atoms with E-state index in [-0.39, 0.29) is 41.8 Å². The Hall–Kier alpha value is -3.40. The van der Waals surface area contributed by atoms with Crippen molar-refractivity contribution in [1.29, 1.82) is 0 Å². The molecule has 1 saturated heterocycles. The standard InChI is InChI=1S/C23H27NO8S/c1-29-19-6-5-15(12-18(19)25)11-17(23(26)24-7-9-33(27,28)10-8-24)16-13-20(30-2)22(32-4)21(14-16)31-3/h5-6,11-14,25H,7-10H2,1-4H3/b17-11+. The Labute approximate surface area is 193 Å². The highest BCUT2D eigenvalue weighted by atomic mass is 32.2. The van der Waals surface area contributed by atoms with Crippen molar-refractivity contribution in [2.24, 2.45) is 0 Å². The minimum Gasteiger partial charge on any atom is -0.504 e. The third-order valence-electron chi connectivity index (χ3n) is 5.35. The predicted molar refractivity (Wildman–Crippen MR) is 124 cm³/mol. The van der Waals surface area contributed by atoms with Crippen molar-refractivity contribution in [3.63, 3.8) is 0 Å². The van der Waals surface area contributed by atoms with Crippen LogP contribution < -0.4 is 18.9 Å². The van der Waals surface area contributed by atoms with E-state index in [9.17, 15) is 18.3 Å². The Morgan fingerprint density at radius 2 is 1.48 bits per heavy atom. The molecule has 0 aromatic heterocycles. The number of carbonyl (C=O) groups is 1. The first-order valence-electron chi connectivity index (χ1n) is 10.1. The molecule has 1 aliphatic rings. The summed E-state index contributed by atoms with van der Waals surface area (Å²) >= 11 is 0. The van der Waals surface area contributed by atoms with Crippen LogP contribution in [-0.2, 0) is 14.6 Å². The van der Waals surface area contributed by atoms with Crippen LogP contribution >= 0.6 is 0 Å². The molecule has 1 fully saturated rings. The van der Waals surface area contributed by atoms with Crippen LogP contribution in [0.15, 0.2) is 30.3 Å². The highest BCUT2D eigenvalue weighted by Crippen LogP contribution is 2.41. The van der Waals surface area contributed by atoms with E-state index in [1.807, 2.05) is 0 Å². The first kappa shape index (κ1) is 24.2. The molecule has 0 unspecified atom stereocenters. The van der Waals surface area contributed by atoms with Crippen LogP contribution in [0, 0.1) is 0 Å². The van der Waals surface area contributed by atoms with E-state index in [1.54, 1.807) is 30.3 Å². The lowest BCUT2D eigenvalue weighted by atomic mass is 9.99. The number of methoxy groups -OCH3 is 4. The zero-order valence-electron chi connectivity index (χ0n) is 19.0. The summed E-state index contributed by atoms with van der Waals surface area (Å²) in [7, 11) is 2.72. The molecular formula is C23H27NO8S. The van der Waals surface area contributed by atoms with Gasteiger partial charge in [-0.15, -0.1) is 0 Å². The summed E-state index contributed by atoms with van der Waals surface area (Å²) in [6, 6.07) is 8.06. The average Bonchev–Trinajstić information content (AvgIpc) is 2.81. The van der Waals surface area contributed by atoms with Crippen molar-refractivity contribution in [2.75, 3.05) is 53.0 Å². The summed E-state index contributed by atoms with van der Waals surface area (Å²) in [5.74, 6) is 0.792. The summed E-state index contributed by atoms with van der Waals surface area (Å²) in [5.41, 5.74) is 1.31. The number of hydrogen-bond donors (Lipinski definition) is 1. The molecule has 0 bridgehead atoms. The molecule has 0 radical (unpaired) electrons. The van der Waals surface area contributed by atoms with Gasteiger partial charge in [-0.2, -0.15) is 0 Å². The van der Waals surface area contributed by atoms with E-state index in [0.717, 1.165) is 0 Å². The number of nitrogens with zero attached hydrogens (tertiary/aromatic N) is 1. The summed E-state index contributed by atoms with van der Waals surface area (Å²) in [5, 5.41) is 10.2. The molecule has 2 aromatic carbocycles. The van der Waals surface area contributed by atoms with Crippen LogP contribution in [0.1, 0.15) is 11.1 Å². The van der Waals surface area contributed by atoms with Crippen molar-refractivity contribution in [3.05, 3.63) is 41.5 Å². The Bertz CT molecular complexity index is 1130. The number of benzene rings is 2. The van der Waals surface area contributed by atoms with Gasteiger partial charge in [0.15, 0.2) is 32.8 Å². The van der Waals surface area contributed by atoms with Gasteiger partial charge in [-0.1, -0.05) is 6.07 Å². The third-order valence-corrected chi connectivity index (χ3v) is 6.96. The summed E-state index contributed by atoms with van der Waals surface area (Å²) in [6.45, 7) is 0.188. The molecule has 1 amide bonds. The largest absolute Gasteiger partial charge is 0.504 e. The fraction of sp³-hybridized carbons (Fsp3) is 0.348. The number of hydrogen-bond acceptors (Lipinski definition) is 8. The molecule has 10 heteroatoms. The van der Waals surface area contributed by atoms with Gasteiger partial charge in [-0.3, -0.25) is 4.79 Å². The van der Waals surface area contributed by atoms with Gasteiger partial charge >= 0.3 is 0 Å². The van der Waals surface area contributed by atoms with Gasteiger partial charge in [0.25, 0.3) is 5.91 Å². The van der Waals surface area contributed by atoms with E-state index in [1.165, 1.54) is 39.4 Å². The topological polar surface area (TPSA) is 112 Å². The lowest BCUT2D eigenvalue weighted by molar-refractivity contribution is -0.124. The van der Waals surface area contributed by atoms with Crippen LogP contribution in [0.3, 0.4) is 0 Å². The first-order chi connectivity index (χ1) is 15.7. The first-order valence-corrected chi connectivity index (χ1v) is 11.9. The van der Waals surface area contributed by atoms with Crippen LogP contribution in [0.2, 0.25) is 0 Å². The van der Waals surface area contributed by atoms with E-state index < -0.39 is 9.84 Å². The fourth-order valence-corrected chi connectivity index (χ4v) is 4.76. The number of phenols is 1. The van der Waals surface area contributed by atoms with Gasteiger partial charge in [0.1, 0.15) is 0 Å². The smallest absolute Gasteiger partial charge is 0.254 e. The summed E-state index contributed by atoms with van der Waals surface area (Å²) < 4.78 is 45.0. The normalized spacial score (nSPS) is 15.6. The molecule has 1 N–H and O–H groups in total. The molecule has 9 nitrogen and oxygen atoms in total. The summed E-state index contributed by atoms with van der Waals surface area (Å²) in [6.07, 6.45) is 1.62. The zero-order chi connectivity index (χ0) is 24.2. The number of phenolic OH excluding ortho intramolecular Hbond substituents is 1. The number of rotatable bonds is 7. The second kappa shape index (κ2) is 10.0. The maximum atomic E-state index is 13.5. The third kappa shape index (κ3) is 5.33. The molecule has 1 heterocycles. The van der Waals surface area contributed by atoms with Crippen molar-refractivity contribution >= 4 is 27.4 Å². The molecular weight excluding hydrogens is 450 g/mol. The number of sulfone groups is 1. The average molecular weight is 478 g/mol. The number of aromatic hydroxyl groups is 1. The van der Waals surface area contributed by atoms with Crippen LogP contribution in [-0.4, -0.2) is 77.4 Å². The molecule has 2 aromatic rings. The molecule has 0 saturated carbocycles. The fourth-order valence-electron chi connectivity index (χ4n) is 3.55. The van der Waals surface area contributed by atoms with Gasteiger partial charge in [-0.25, -0.2) is 8.42 Å². The lowest BCUT2D eigenvalue weighted by Crippen LogP contribution is -2.44. The quantitative estimate of drug-likeness (QED) is 0.477. The van der Waals surface area contributed by atoms with Gasteiger partial charge in [0, 0.05) is 18.7 Å². The van der Waals surface area contributed by atoms with Crippen molar-refractivity contribution in [2.45, 2.75) is 0 Å². The van der Waals surface area contributed by atoms with Crippen molar-refractivity contribution in [1.82, 2.24) is 4.90 Å². The Balaban J connectivity index is 2.13. The maximum Gasteiger partial charge on any atom is 0.254 e. The number of amides is 1. The Kier molecular flexibility index (Phi) is 7.37. The van der Waals surface area contributed by atoms with Gasteiger partial charge in [-0.05, 0) is 41.5 Å². The van der Waals surface area contributed by atoms with Crippen LogP contribution in [0.25, 0.3) is 11.6 Å². The zero-order valence-corrected chi connectivity index (χ0v) is 19.8. The Morgan fingerprint density at radius 1 is 0.909 bits per heavy atom.